The molecule has 104 valence electrons. The molecule has 7 heteroatoms. The topological polar surface area (TPSA) is 55.1 Å². The molecule has 0 saturated carbocycles. The minimum absolute atomic E-state index is 0.153. The summed E-state index contributed by atoms with van der Waals surface area (Å²) in [5, 5.41) is 2.93. The Hall–Kier alpha value is -1.66. The molecule has 2 aromatic carbocycles. The van der Waals surface area contributed by atoms with Crippen molar-refractivity contribution in [2.24, 2.45) is 0 Å². The Labute approximate surface area is 126 Å². The summed E-state index contributed by atoms with van der Waals surface area (Å²) in [4.78, 5) is 12.0. The predicted molar refractivity (Wildman–Crippen MR) is 77.9 cm³/mol. The average molecular weight is 362 g/mol. The number of halogens is 4. The lowest BCUT2D eigenvalue weighted by Gasteiger charge is -2.10. The Balaban J connectivity index is 2.33. The van der Waals surface area contributed by atoms with Crippen molar-refractivity contribution in [3.8, 4) is 0 Å². The minimum atomic E-state index is -1.14. The van der Waals surface area contributed by atoms with Gasteiger partial charge in [0, 0.05) is 21.2 Å². The first kappa shape index (κ1) is 14.7. The molecule has 0 radical (unpaired) electrons. The van der Waals surface area contributed by atoms with Gasteiger partial charge in [0.25, 0.3) is 5.91 Å². The molecular weight excluding hydrogens is 354 g/mol. The Morgan fingerprint density at radius 3 is 2.55 bits per heavy atom. The van der Waals surface area contributed by atoms with Gasteiger partial charge in [-0.15, -0.1) is 0 Å². The second-order valence-corrected chi connectivity index (χ2v) is 5.22. The summed E-state index contributed by atoms with van der Waals surface area (Å²) in [6, 6.07) is 6.30. The normalized spacial score (nSPS) is 10.4. The van der Waals surface area contributed by atoms with Gasteiger partial charge in [-0.2, -0.15) is 0 Å². The quantitative estimate of drug-likeness (QED) is 0.787. The zero-order chi connectivity index (χ0) is 14.9. The lowest BCUT2D eigenvalue weighted by Crippen LogP contribution is -2.15. The number of rotatable bonds is 2. The Morgan fingerprint density at radius 1 is 1.20 bits per heavy atom. The first-order valence-electron chi connectivity index (χ1n) is 5.39. The predicted octanol–water partition coefficient (Wildman–Crippen LogP) is 4.22. The van der Waals surface area contributed by atoms with Crippen LogP contribution in [0.3, 0.4) is 0 Å². The van der Waals surface area contributed by atoms with Gasteiger partial charge in [-0.25, -0.2) is 8.78 Å². The standard InChI is InChI=1S/C13H8BrClF2N2O/c14-8-2-1-6(15)3-12(8)19-13(20)7-4-9(16)10(17)5-11(7)18/h1-5H,18H2,(H,19,20). The third-order valence-corrected chi connectivity index (χ3v) is 3.44. The van der Waals surface area contributed by atoms with E-state index in [9.17, 15) is 13.6 Å². The first-order chi connectivity index (χ1) is 9.38. The highest BCUT2D eigenvalue weighted by Crippen LogP contribution is 2.27. The van der Waals surface area contributed by atoms with Gasteiger partial charge in [0.05, 0.1) is 11.3 Å². The van der Waals surface area contributed by atoms with E-state index < -0.39 is 17.5 Å². The molecule has 1 amide bonds. The van der Waals surface area contributed by atoms with E-state index in [4.69, 9.17) is 17.3 Å². The molecule has 3 N–H and O–H groups in total. The molecular formula is C13H8BrClF2N2O. The molecule has 0 unspecified atom stereocenters. The Kier molecular flexibility index (Phi) is 4.25. The third kappa shape index (κ3) is 3.08. The van der Waals surface area contributed by atoms with Crippen molar-refractivity contribution in [3.05, 3.63) is 57.0 Å². The number of nitrogens with two attached hydrogens (primary N) is 1. The number of amides is 1. The number of benzene rings is 2. The Bertz CT molecular complexity index is 694. The van der Waals surface area contributed by atoms with Gasteiger partial charge >= 0.3 is 0 Å². The maximum atomic E-state index is 13.2. The van der Waals surface area contributed by atoms with Crippen LogP contribution in [0.1, 0.15) is 10.4 Å². The zero-order valence-corrected chi connectivity index (χ0v) is 12.2. The number of carbonyl (C=O) groups excluding carboxylic acids is 1. The largest absolute Gasteiger partial charge is 0.398 e. The SMILES string of the molecule is Nc1cc(F)c(F)cc1C(=O)Nc1cc(Cl)ccc1Br. The van der Waals surface area contributed by atoms with Crippen LogP contribution in [0, 0.1) is 11.6 Å². The van der Waals surface area contributed by atoms with Crippen LogP contribution in [-0.2, 0) is 0 Å². The summed E-state index contributed by atoms with van der Waals surface area (Å²) in [5.74, 6) is -2.91. The average Bonchev–Trinajstić information content (AvgIpc) is 2.38. The van der Waals surface area contributed by atoms with E-state index >= 15 is 0 Å². The van der Waals surface area contributed by atoms with E-state index in [-0.39, 0.29) is 11.3 Å². The molecule has 0 spiro atoms. The molecule has 0 aliphatic carbocycles. The van der Waals surface area contributed by atoms with Crippen molar-refractivity contribution in [1.29, 1.82) is 0 Å². The van der Waals surface area contributed by atoms with Gasteiger partial charge in [-0.05, 0) is 40.2 Å². The van der Waals surface area contributed by atoms with E-state index in [1.807, 2.05) is 0 Å². The number of carbonyl (C=O) groups is 1. The molecule has 0 fully saturated rings. The monoisotopic (exact) mass is 360 g/mol. The fourth-order valence-electron chi connectivity index (χ4n) is 1.54. The van der Waals surface area contributed by atoms with Crippen molar-refractivity contribution >= 4 is 44.8 Å². The van der Waals surface area contributed by atoms with Gasteiger partial charge in [0.2, 0.25) is 0 Å². The minimum Gasteiger partial charge on any atom is -0.398 e. The van der Waals surface area contributed by atoms with E-state index in [1.165, 1.54) is 6.07 Å². The summed E-state index contributed by atoms with van der Waals surface area (Å²) in [7, 11) is 0. The van der Waals surface area contributed by atoms with Crippen molar-refractivity contribution in [2.75, 3.05) is 11.1 Å². The van der Waals surface area contributed by atoms with Crippen LogP contribution in [0.15, 0.2) is 34.8 Å². The first-order valence-corrected chi connectivity index (χ1v) is 6.56. The number of hydrogen-bond donors (Lipinski definition) is 2. The van der Waals surface area contributed by atoms with Gasteiger partial charge in [-0.3, -0.25) is 4.79 Å². The van der Waals surface area contributed by atoms with Gasteiger partial charge in [0.15, 0.2) is 11.6 Å². The second kappa shape index (κ2) is 5.76. The summed E-state index contributed by atoms with van der Waals surface area (Å²) < 4.78 is 26.7. The molecule has 0 bridgehead atoms. The van der Waals surface area contributed by atoms with Gasteiger partial charge in [0.1, 0.15) is 0 Å². The van der Waals surface area contributed by atoms with Crippen LogP contribution in [0.5, 0.6) is 0 Å². The van der Waals surface area contributed by atoms with Crippen LogP contribution in [0.4, 0.5) is 20.2 Å². The second-order valence-electron chi connectivity index (χ2n) is 3.93. The van der Waals surface area contributed by atoms with Crippen molar-refractivity contribution in [1.82, 2.24) is 0 Å². The highest BCUT2D eigenvalue weighted by molar-refractivity contribution is 9.10. The molecule has 20 heavy (non-hydrogen) atoms. The number of nitrogen functional groups attached to an aromatic ring is 1. The van der Waals surface area contributed by atoms with Crippen LogP contribution in [0.2, 0.25) is 5.02 Å². The van der Waals surface area contributed by atoms with Crippen LogP contribution in [-0.4, -0.2) is 5.91 Å². The Morgan fingerprint density at radius 2 is 1.85 bits per heavy atom. The van der Waals surface area contributed by atoms with Crippen LogP contribution < -0.4 is 11.1 Å². The maximum absolute atomic E-state index is 13.2. The molecule has 0 atom stereocenters. The lowest BCUT2D eigenvalue weighted by molar-refractivity contribution is 0.102. The summed E-state index contributed by atoms with van der Waals surface area (Å²) in [5.41, 5.74) is 5.59. The number of hydrogen-bond acceptors (Lipinski definition) is 2. The molecule has 0 saturated heterocycles. The van der Waals surface area contributed by atoms with Crippen molar-refractivity contribution < 1.29 is 13.6 Å². The van der Waals surface area contributed by atoms with E-state index in [2.05, 4.69) is 21.2 Å². The number of nitrogens with one attached hydrogen (secondary N) is 1. The fourth-order valence-corrected chi connectivity index (χ4v) is 2.06. The molecule has 0 aromatic heterocycles. The van der Waals surface area contributed by atoms with Crippen molar-refractivity contribution in [2.45, 2.75) is 0 Å². The molecule has 0 aliphatic rings. The highest BCUT2D eigenvalue weighted by Gasteiger charge is 2.15. The lowest BCUT2D eigenvalue weighted by atomic mass is 10.1. The smallest absolute Gasteiger partial charge is 0.257 e. The molecule has 2 aromatic rings. The van der Waals surface area contributed by atoms with Crippen LogP contribution >= 0.6 is 27.5 Å². The van der Waals surface area contributed by atoms with E-state index in [1.54, 1.807) is 12.1 Å². The van der Waals surface area contributed by atoms with Gasteiger partial charge < -0.3 is 11.1 Å². The van der Waals surface area contributed by atoms with E-state index in [0.29, 0.717) is 15.2 Å². The van der Waals surface area contributed by atoms with E-state index in [0.717, 1.165) is 12.1 Å². The van der Waals surface area contributed by atoms with Crippen molar-refractivity contribution in [3.63, 3.8) is 0 Å². The molecule has 0 heterocycles. The molecule has 0 aliphatic heterocycles. The zero-order valence-electron chi connectivity index (χ0n) is 9.88. The number of anilines is 2. The van der Waals surface area contributed by atoms with Gasteiger partial charge in [-0.1, -0.05) is 11.6 Å². The molecule has 3 nitrogen and oxygen atoms in total. The summed E-state index contributed by atoms with van der Waals surface area (Å²) >= 11 is 9.05. The fraction of sp³-hybridized carbons (Fsp3) is 0. The highest BCUT2D eigenvalue weighted by atomic mass is 79.9. The van der Waals surface area contributed by atoms with Crippen LogP contribution in [0.25, 0.3) is 0 Å². The third-order valence-electron chi connectivity index (χ3n) is 2.51. The summed E-state index contributed by atoms with van der Waals surface area (Å²) in [6.07, 6.45) is 0. The molecule has 2 rings (SSSR count). The maximum Gasteiger partial charge on any atom is 0.257 e. The summed E-state index contributed by atoms with van der Waals surface area (Å²) in [6.45, 7) is 0.